The molecule has 0 aromatic heterocycles. The summed E-state index contributed by atoms with van der Waals surface area (Å²) in [6, 6.07) is 17.2. The number of hydrogen-bond acceptors (Lipinski definition) is 1. The van der Waals surface area contributed by atoms with Crippen LogP contribution in [0.2, 0.25) is 0 Å². The highest BCUT2D eigenvalue weighted by Gasteiger charge is 2.18. The molecule has 148 valence electrons. The first-order chi connectivity index (χ1) is 13.6. The van der Waals surface area contributed by atoms with Crippen molar-refractivity contribution in [3.63, 3.8) is 0 Å². The molecule has 0 bridgehead atoms. The molecular formula is C25H28F2O. The molecule has 0 N–H and O–H groups in total. The molecule has 0 radical (unpaired) electrons. The average Bonchev–Trinajstić information content (AvgIpc) is 2.76. The Bertz CT molecular complexity index is 918. The first kappa shape index (κ1) is 21.6. The van der Waals surface area contributed by atoms with Gasteiger partial charge in [0.1, 0.15) is 17.4 Å². The second kappa shape index (κ2) is 10.0. The fraction of sp³-hybridized carbons (Fsp3) is 0.280. The van der Waals surface area contributed by atoms with Gasteiger partial charge < -0.3 is 4.74 Å². The molecule has 3 aromatic carbocycles. The van der Waals surface area contributed by atoms with Crippen LogP contribution < -0.4 is 4.74 Å². The summed E-state index contributed by atoms with van der Waals surface area (Å²) in [4.78, 5) is 0. The second-order valence-corrected chi connectivity index (χ2v) is 6.41. The molecule has 28 heavy (non-hydrogen) atoms. The molecular weight excluding hydrogens is 354 g/mol. The van der Waals surface area contributed by atoms with Gasteiger partial charge in [0.15, 0.2) is 0 Å². The molecule has 3 rings (SSSR count). The number of hydrogen-bond donors (Lipinski definition) is 0. The predicted molar refractivity (Wildman–Crippen MR) is 114 cm³/mol. The van der Waals surface area contributed by atoms with Gasteiger partial charge in [-0.05, 0) is 41.7 Å². The first-order valence-corrected chi connectivity index (χ1v) is 9.78. The second-order valence-electron chi connectivity index (χ2n) is 6.41. The summed E-state index contributed by atoms with van der Waals surface area (Å²) in [5, 5.41) is 0. The van der Waals surface area contributed by atoms with Gasteiger partial charge in [-0.15, -0.1) is 0 Å². The zero-order valence-electron chi connectivity index (χ0n) is 17.2. The quantitative estimate of drug-likeness (QED) is 0.436. The summed E-state index contributed by atoms with van der Waals surface area (Å²) < 4.78 is 35.2. The van der Waals surface area contributed by atoms with Crippen LogP contribution in [0.1, 0.15) is 45.6 Å². The Morgan fingerprint density at radius 2 is 1.29 bits per heavy atom. The van der Waals surface area contributed by atoms with Crippen LogP contribution in [-0.4, -0.2) is 7.11 Å². The lowest BCUT2D eigenvalue weighted by atomic mass is 9.89. The molecule has 0 amide bonds. The molecule has 0 saturated carbocycles. The van der Waals surface area contributed by atoms with Crippen molar-refractivity contribution in [2.24, 2.45) is 0 Å². The summed E-state index contributed by atoms with van der Waals surface area (Å²) in [5.74, 6) is -0.131. The first-order valence-electron chi connectivity index (χ1n) is 9.78. The van der Waals surface area contributed by atoms with Crippen molar-refractivity contribution < 1.29 is 13.5 Å². The van der Waals surface area contributed by atoms with Crippen LogP contribution in [0.3, 0.4) is 0 Å². The predicted octanol–water partition coefficient (Wildman–Crippen LogP) is 7.85. The summed E-state index contributed by atoms with van der Waals surface area (Å²) >= 11 is 0. The van der Waals surface area contributed by atoms with Crippen LogP contribution in [0.25, 0.3) is 22.3 Å². The third kappa shape index (κ3) is 4.41. The summed E-state index contributed by atoms with van der Waals surface area (Å²) in [5.41, 5.74) is 2.79. The lowest BCUT2D eigenvalue weighted by Gasteiger charge is -2.17. The van der Waals surface area contributed by atoms with Crippen molar-refractivity contribution in [1.82, 2.24) is 0 Å². The van der Waals surface area contributed by atoms with Crippen LogP contribution in [0.4, 0.5) is 8.78 Å². The van der Waals surface area contributed by atoms with Gasteiger partial charge in [-0.25, -0.2) is 8.78 Å². The fourth-order valence-electron chi connectivity index (χ4n) is 3.22. The Hall–Kier alpha value is -2.68. The molecule has 1 nitrogen and oxygen atoms in total. The SMILES string of the molecule is CC.CCC(C)c1ccccc1-c1cc(F)c(-c2ccccc2OC)cc1F. The van der Waals surface area contributed by atoms with E-state index in [-0.39, 0.29) is 17.0 Å². The van der Waals surface area contributed by atoms with Crippen LogP contribution >= 0.6 is 0 Å². The Morgan fingerprint density at radius 1 is 0.786 bits per heavy atom. The van der Waals surface area contributed by atoms with E-state index in [1.54, 1.807) is 24.3 Å². The van der Waals surface area contributed by atoms with Crippen molar-refractivity contribution in [1.29, 1.82) is 0 Å². The molecule has 1 unspecified atom stereocenters. The maximum absolute atomic E-state index is 15.0. The minimum Gasteiger partial charge on any atom is -0.496 e. The lowest BCUT2D eigenvalue weighted by Crippen LogP contribution is -1.98. The molecule has 3 aromatic rings. The van der Waals surface area contributed by atoms with Gasteiger partial charge in [0.2, 0.25) is 0 Å². The summed E-state index contributed by atoms with van der Waals surface area (Å²) in [7, 11) is 1.52. The van der Waals surface area contributed by atoms with Gasteiger partial charge in [0.05, 0.1) is 7.11 Å². The largest absolute Gasteiger partial charge is 0.496 e. The maximum Gasteiger partial charge on any atom is 0.131 e. The maximum atomic E-state index is 15.0. The molecule has 0 spiro atoms. The van der Waals surface area contributed by atoms with Gasteiger partial charge in [-0.3, -0.25) is 0 Å². The van der Waals surface area contributed by atoms with Crippen LogP contribution in [-0.2, 0) is 0 Å². The van der Waals surface area contributed by atoms with E-state index in [1.807, 2.05) is 38.1 Å². The monoisotopic (exact) mass is 382 g/mol. The zero-order valence-corrected chi connectivity index (χ0v) is 17.2. The van der Waals surface area contributed by atoms with Gasteiger partial charge in [-0.1, -0.05) is 70.2 Å². The minimum absolute atomic E-state index is 0.199. The summed E-state index contributed by atoms with van der Waals surface area (Å²) in [6.07, 6.45) is 0.931. The zero-order chi connectivity index (χ0) is 20.7. The fourth-order valence-corrected chi connectivity index (χ4v) is 3.22. The van der Waals surface area contributed by atoms with Crippen LogP contribution in [0, 0.1) is 11.6 Å². The molecule has 0 saturated heterocycles. The third-order valence-corrected chi connectivity index (χ3v) is 4.85. The summed E-state index contributed by atoms with van der Waals surface area (Å²) in [6.45, 7) is 8.18. The molecule has 0 fully saturated rings. The van der Waals surface area contributed by atoms with E-state index in [1.165, 1.54) is 19.2 Å². The van der Waals surface area contributed by atoms with E-state index in [0.717, 1.165) is 17.5 Å². The number of rotatable bonds is 5. The van der Waals surface area contributed by atoms with E-state index < -0.39 is 11.6 Å². The van der Waals surface area contributed by atoms with E-state index in [9.17, 15) is 8.78 Å². The standard InChI is InChI=1S/C23H22F2O.C2H6/c1-4-15(2)16-9-5-6-10-17(16)19-13-22(25)20(14-21(19)24)18-11-7-8-12-23(18)26-3;1-2/h5-15H,4H2,1-3H3;1-2H3. The van der Waals surface area contributed by atoms with Gasteiger partial charge >= 0.3 is 0 Å². The minimum atomic E-state index is -0.468. The molecule has 0 aliphatic heterocycles. The highest BCUT2D eigenvalue weighted by molar-refractivity contribution is 5.76. The van der Waals surface area contributed by atoms with Crippen LogP contribution in [0.15, 0.2) is 60.7 Å². The Labute approximate surface area is 167 Å². The number of halogens is 2. The average molecular weight is 382 g/mol. The third-order valence-electron chi connectivity index (χ3n) is 4.85. The van der Waals surface area contributed by atoms with Gasteiger partial charge in [0, 0.05) is 16.7 Å². The highest BCUT2D eigenvalue weighted by Crippen LogP contribution is 2.37. The van der Waals surface area contributed by atoms with Gasteiger partial charge in [0.25, 0.3) is 0 Å². The van der Waals surface area contributed by atoms with E-state index in [0.29, 0.717) is 11.3 Å². The van der Waals surface area contributed by atoms with Crippen molar-refractivity contribution in [2.45, 2.75) is 40.0 Å². The molecule has 3 heteroatoms. The molecule has 0 aliphatic rings. The Morgan fingerprint density at radius 3 is 1.86 bits per heavy atom. The molecule has 1 atom stereocenters. The number of para-hydroxylation sites is 1. The van der Waals surface area contributed by atoms with Crippen molar-refractivity contribution in [3.8, 4) is 28.0 Å². The molecule has 0 aliphatic carbocycles. The highest BCUT2D eigenvalue weighted by atomic mass is 19.1. The van der Waals surface area contributed by atoms with Crippen molar-refractivity contribution >= 4 is 0 Å². The Kier molecular flexibility index (Phi) is 7.74. The van der Waals surface area contributed by atoms with Crippen LogP contribution in [0.5, 0.6) is 5.75 Å². The van der Waals surface area contributed by atoms with Crippen molar-refractivity contribution in [3.05, 3.63) is 77.9 Å². The molecule has 0 heterocycles. The van der Waals surface area contributed by atoms with E-state index >= 15 is 0 Å². The smallest absolute Gasteiger partial charge is 0.131 e. The Balaban J connectivity index is 0.00000136. The number of benzene rings is 3. The lowest BCUT2D eigenvalue weighted by molar-refractivity contribution is 0.416. The van der Waals surface area contributed by atoms with Crippen molar-refractivity contribution in [2.75, 3.05) is 7.11 Å². The number of ether oxygens (including phenoxy) is 1. The van der Waals surface area contributed by atoms with E-state index in [4.69, 9.17) is 4.74 Å². The number of methoxy groups -OCH3 is 1. The van der Waals surface area contributed by atoms with E-state index in [2.05, 4.69) is 13.8 Å². The van der Waals surface area contributed by atoms with Gasteiger partial charge in [-0.2, -0.15) is 0 Å². The normalized spacial score (nSPS) is 11.4. The topological polar surface area (TPSA) is 9.23 Å².